The average Bonchev–Trinajstić information content (AvgIpc) is 3.25. The van der Waals surface area contributed by atoms with Gasteiger partial charge in [-0.05, 0) is 83.5 Å². The monoisotopic (exact) mass is 876 g/mol. The molecule has 2 atom stereocenters. The summed E-state index contributed by atoms with van der Waals surface area (Å²) >= 11 is 0. The number of unbranched alkanes of at least 4 members (excludes halogenated alkanes) is 22. The van der Waals surface area contributed by atoms with E-state index in [0.717, 1.165) is 77.0 Å². The molecule has 0 aliphatic rings. The Morgan fingerprint density at radius 3 is 1.38 bits per heavy atom. The number of phosphoric acid groups is 1. The van der Waals surface area contributed by atoms with Gasteiger partial charge in [-0.25, -0.2) is 4.57 Å². The van der Waals surface area contributed by atoms with Gasteiger partial charge in [0, 0.05) is 19.6 Å². The number of hydrogen-bond acceptors (Lipinski definition) is 7. The van der Waals surface area contributed by atoms with Gasteiger partial charge in [-0.15, -0.1) is 0 Å². The molecule has 0 saturated heterocycles. The summed E-state index contributed by atoms with van der Waals surface area (Å²) in [4.78, 5) is 22.6. The lowest BCUT2D eigenvalue weighted by Crippen LogP contribution is -2.28. The molecule has 0 aliphatic carbocycles. The van der Waals surface area contributed by atoms with E-state index >= 15 is 0 Å². The second-order valence-electron chi connectivity index (χ2n) is 16.3. The summed E-state index contributed by atoms with van der Waals surface area (Å²) in [6.07, 6.45) is 62.1. The number of ether oxygens (including phenoxy) is 2. The van der Waals surface area contributed by atoms with Crippen molar-refractivity contribution in [2.75, 3.05) is 33.0 Å². The molecule has 0 spiro atoms. The maximum absolute atomic E-state index is 12.7. The van der Waals surface area contributed by atoms with Gasteiger partial charge in [0.2, 0.25) is 0 Å². The zero-order chi connectivity index (χ0) is 44.4. The number of nitrogens with two attached hydrogens (primary N) is 1. The average molecular weight is 876 g/mol. The fourth-order valence-corrected chi connectivity index (χ4v) is 7.49. The van der Waals surface area contributed by atoms with Gasteiger partial charge < -0.3 is 20.1 Å². The van der Waals surface area contributed by atoms with Crippen LogP contribution in [-0.4, -0.2) is 49.9 Å². The Morgan fingerprint density at radius 1 is 0.508 bits per heavy atom. The first-order valence-electron chi connectivity index (χ1n) is 24.9. The van der Waals surface area contributed by atoms with E-state index in [4.69, 9.17) is 24.3 Å². The molecule has 0 heterocycles. The molecule has 3 N–H and O–H groups in total. The lowest BCUT2D eigenvalue weighted by molar-refractivity contribution is -0.154. The molecule has 354 valence electrons. The van der Waals surface area contributed by atoms with E-state index < -0.39 is 13.9 Å². The normalized spacial score (nSPS) is 14.0. The third-order valence-corrected chi connectivity index (χ3v) is 11.3. The maximum Gasteiger partial charge on any atom is 0.472 e. The molecular formula is C52H94NO7P. The van der Waals surface area contributed by atoms with E-state index in [1.54, 1.807) is 0 Å². The maximum atomic E-state index is 12.7. The second-order valence-corrected chi connectivity index (χ2v) is 17.7. The third kappa shape index (κ3) is 48.8. The molecule has 8 nitrogen and oxygen atoms in total. The molecule has 0 aliphatic heterocycles. The number of hydrogen-bond donors (Lipinski definition) is 2. The van der Waals surface area contributed by atoms with Crippen LogP contribution in [0.5, 0.6) is 0 Å². The van der Waals surface area contributed by atoms with Crippen molar-refractivity contribution in [2.24, 2.45) is 5.73 Å². The van der Waals surface area contributed by atoms with Crippen LogP contribution in [0, 0.1) is 0 Å². The Kier molecular flexibility index (Phi) is 47.3. The van der Waals surface area contributed by atoms with Gasteiger partial charge in [-0.1, -0.05) is 196 Å². The van der Waals surface area contributed by atoms with E-state index in [1.165, 1.54) is 116 Å². The van der Waals surface area contributed by atoms with Crippen molar-refractivity contribution in [3.63, 3.8) is 0 Å². The van der Waals surface area contributed by atoms with Crippen molar-refractivity contribution < 1.29 is 32.8 Å². The van der Waals surface area contributed by atoms with E-state index in [-0.39, 0.29) is 32.3 Å². The molecule has 0 fully saturated rings. The summed E-state index contributed by atoms with van der Waals surface area (Å²) in [6.45, 7) is 4.77. The van der Waals surface area contributed by atoms with Crippen LogP contribution in [0.4, 0.5) is 0 Å². The van der Waals surface area contributed by atoms with Crippen LogP contribution in [0.2, 0.25) is 0 Å². The second kappa shape index (κ2) is 49.0. The van der Waals surface area contributed by atoms with Gasteiger partial charge in [0.25, 0.3) is 0 Å². The molecule has 0 aromatic rings. The molecule has 0 bridgehead atoms. The first kappa shape index (κ1) is 58.9. The van der Waals surface area contributed by atoms with Crippen molar-refractivity contribution in [3.05, 3.63) is 72.9 Å². The van der Waals surface area contributed by atoms with Crippen molar-refractivity contribution in [3.8, 4) is 0 Å². The number of carbonyl (C=O) groups is 1. The van der Waals surface area contributed by atoms with Crippen LogP contribution in [0.25, 0.3) is 0 Å². The zero-order valence-electron chi connectivity index (χ0n) is 39.4. The Hall–Kier alpha value is -2.06. The quantitative estimate of drug-likeness (QED) is 0.0269. The predicted octanol–water partition coefficient (Wildman–Crippen LogP) is 15.5. The van der Waals surface area contributed by atoms with Crippen molar-refractivity contribution >= 4 is 13.8 Å². The number of rotatable bonds is 47. The van der Waals surface area contributed by atoms with E-state index in [2.05, 4.69) is 86.8 Å². The first-order valence-corrected chi connectivity index (χ1v) is 26.4. The van der Waals surface area contributed by atoms with Gasteiger partial charge in [-0.2, -0.15) is 0 Å². The number of phosphoric ester groups is 1. The summed E-state index contributed by atoms with van der Waals surface area (Å²) in [7, 11) is -4.29. The van der Waals surface area contributed by atoms with Crippen molar-refractivity contribution in [1.29, 1.82) is 0 Å². The zero-order valence-corrected chi connectivity index (χ0v) is 40.3. The molecule has 61 heavy (non-hydrogen) atoms. The highest BCUT2D eigenvalue weighted by atomic mass is 31.2. The Morgan fingerprint density at radius 2 is 0.918 bits per heavy atom. The fourth-order valence-electron chi connectivity index (χ4n) is 6.72. The summed E-state index contributed by atoms with van der Waals surface area (Å²) in [5.41, 5.74) is 5.38. The first-order chi connectivity index (χ1) is 29.9. The Labute approximate surface area is 376 Å². The number of allylic oxidation sites excluding steroid dienone is 12. The highest BCUT2D eigenvalue weighted by Gasteiger charge is 2.25. The van der Waals surface area contributed by atoms with Gasteiger partial charge in [0.15, 0.2) is 0 Å². The smallest absolute Gasteiger partial charge is 0.457 e. The van der Waals surface area contributed by atoms with E-state index in [0.29, 0.717) is 13.0 Å². The largest absolute Gasteiger partial charge is 0.472 e. The van der Waals surface area contributed by atoms with Crippen LogP contribution < -0.4 is 5.73 Å². The van der Waals surface area contributed by atoms with Gasteiger partial charge >= 0.3 is 13.8 Å². The standard InChI is InChI=1S/C52H94NO7P/c1-3-5-7-9-11-13-15-17-19-21-22-23-24-25-26-27-28-29-31-33-35-37-39-41-43-45-52(54)60-51(50-59-61(55,56)58-48-46-53)49-57-47-44-42-40-38-36-34-32-30-20-18-16-14-12-10-8-6-4-2/h5,7,11,13-14,16-17,19-20,22-23,30,51H,3-4,6,8-10,12,15,18,21,24-29,31-50,53H2,1-2H3,(H,55,56)/b7-5-,13-11-,16-14-,19-17-,23-22-,30-20-. The van der Waals surface area contributed by atoms with Gasteiger partial charge in [-0.3, -0.25) is 13.8 Å². The molecule has 0 aromatic heterocycles. The molecule has 0 radical (unpaired) electrons. The van der Waals surface area contributed by atoms with Crippen LogP contribution in [0.15, 0.2) is 72.9 Å². The van der Waals surface area contributed by atoms with Crippen LogP contribution in [0.1, 0.15) is 213 Å². The molecule has 2 unspecified atom stereocenters. The lowest BCUT2D eigenvalue weighted by Gasteiger charge is -2.20. The Balaban J connectivity index is 3.96. The Bertz CT molecular complexity index is 1160. The van der Waals surface area contributed by atoms with Crippen molar-refractivity contribution in [1.82, 2.24) is 0 Å². The minimum atomic E-state index is -4.29. The molecular weight excluding hydrogens is 782 g/mol. The summed E-state index contributed by atoms with van der Waals surface area (Å²) in [5, 5.41) is 0. The third-order valence-electron chi connectivity index (χ3n) is 10.4. The highest BCUT2D eigenvalue weighted by Crippen LogP contribution is 2.43. The fraction of sp³-hybridized carbons (Fsp3) is 0.750. The molecule has 9 heteroatoms. The topological polar surface area (TPSA) is 117 Å². The summed E-state index contributed by atoms with van der Waals surface area (Å²) in [5.74, 6) is -0.338. The van der Waals surface area contributed by atoms with Gasteiger partial charge in [0.1, 0.15) is 6.10 Å². The minimum absolute atomic E-state index is 0.0955. The molecule has 0 saturated carbocycles. The highest BCUT2D eigenvalue weighted by molar-refractivity contribution is 7.47. The van der Waals surface area contributed by atoms with Crippen molar-refractivity contribution in [2.45, 2.75) is 219 Å². The molecule has 0 amide bonds. The summed E-state index contributed by atoms with van der Waals surface area (Å²) in [6, 6.07) is 0. The minimum Gasteiger partial charge on any atom is -0.457 e. The van der Waals surface area contributed by atoms with Crippen LogP contribution >= 0.6 is 7.82 Å². The van der Waals surface area contributed by atoms with Crippen LogP contribution in [0.3, 0.4) is 0 Å². The number of esters is 1. The molecule has 0 rings (SSSR count). The van der Waals surface area contributed by atoms with Crippen LogP contribution in [-0.2, 0) is 27.9 Å². The predicted molar refractivity (Wildman–Crippen MR) is 261 cm³/mol. The van der Waals surface area contributed by atoms with Gasteiger partial charge in [0.05, 0.1) is 19.8 Å². The lowest BCUT2D eigenvalue weighted by atomic mass is 10.0. The number of carbonyl (C=O) groups excluding carboxylic acids is 1. The summed E-state index contributed by atoms with van der Waals surface area (Å²) < 4.78 is 33.5. The molecule has 0 aromatic carbocycles. The SMILES string of the molecule is CC/C=C\C/C=C\C/C=C\C/C=C\CCCCCCCCCCCCCCC(=O)OC(COCCCCCCCC/C=C\C/C=C\CCCCCC)COP(=O)(O)OCCN. The van der Waals surface area contributed by atoms with E-state index in [9.17, 15) is 14.3 Å². The van der Waals surface area contributed by atoms with E-state index in [1.807, 2.05) is 0 Å².